The van der Waals surface area contributed by atoms with E-state index in [0.29, 0.717) is 25.2 Å². The molecule has 2 fully saturated rings. The summed E-state index contributed by atoms with van der Waals surface area (Å²) in [5.74, 6) is -4.59. The quantitative estimate of drug-likeness (QED) is 0.622. The minimum Gasteiger partial charge on any atom is -0.340 e. The number of hydrogen-bond acceptors (Lipinski definition) is 4. The number of carbonyl (C=O) groups excluding carboxylic acids is 3. The highest BCUT2D eigenvalue weighted by atomic mass is 19.2. The van der Waals surface area contributed by atoms with E-state index in [1.165, 1.54) is 12.8 Å². The molecule has 2 aliphatic rings. The predicted octanol–water partition coefficient (Wildman–Crippen LogP) is 0.570. The van der Waals surface area contributed by atoms with Crippen molar-refractivity contribution in [1.82, 2.24) is 15.1 Å². The zero-order valence-corrected chi connectivity index (χ0v) is 13.6. The average Bonchev–Trinajstić information content (AvgIpc) is 3.46. The van der Waals surface area contributed by atoms with Gasteiger partial charge in [-0.05, 0) is 31.0 Å². The standard InChI is InChI=1S/C17H19F2N3O3/c18-13-4-1-11(9-14(13)19)16(24)17(25)20-10-15(23)22-7-5-21(6-8-22)12-2-3-12/h1,4,9,12H,2-3,5-8,10H2,(H,20,25). The third kappa shape index (κ3) is 4.19. The number of nitrogens with zero attached hydrogens (tertiary/aromatic N) is 2. The van der Waals surface area contributed by atoms with Gasteiger partial charge in [-0.25, -0.2) is 8.78 Å². The fourth-order valence-corrected chi connectivity index (χ4v) is 2.89. The van der Waals surface area contributed by atoms with Gasteiger partial charge < -0.3 is 10.2 Å². The van der Waals surface area contributed by atoms with E-state index in [9.17, 15) is 23.2 Å². The molecule has 2 amide bonds. The normalized spacial score (nSPS) is 18.1. The summed E-state index contributed by atoms with van der Waals surface area (Å²) in [5.41, 5.74) is -0.262. The van der Waals surface area contributed by atoms with E-state index in [-0.39, 0.29) is 18.0 Å². The Hall–Kier alpha value is -2.35. The Kier molecular flexibility index (Phi) is 5.08. The van der Waals surface area contributed by atoms with Crippen LogP contribution in [0.2, 0.25) is 0 Å². The molecule has 0 atom stereocenters. The van der Waals surface area contributed by atoms with Crippen molar-refractivity contribution < 1.29 is 23.2 Å². The fraction of sp³-hybridized carbons (Fsp3) is 0.471. The third-order valence-corrected chi connectivity index (χ3v) is 4.52. The number of ketones is 1. The van der Waals surface area contributed by atoms with Gasteiger partial charge in [0.25, 0.3) is 5.91 Å². The first-order chi connectivity index (χ1) is 12.0. The van der Waals surface area contributed by atoms with Crippen molar-refractivity contribution in [2.75, 3.05) is 32.7 Å². The minimum atomic E-state index is -1.21. The summed E-state index contributed by atoms with van der Waals surface area (Å²) in [6, 6.07) is 3.13. The molecule has 1 aromatic carbocycles. The van der Waals surface area contributed by atoms with Crippen molar-refractivity contribution in [1.29, 1.82) is 0 Å². The van der Waals surface area contributed by atoms with E-state index >= 15 is 0 Å². The van der Waals surface area contributed by atoms with Gasteiger partial charge in [-0.2, -0.15) is 0 Å². The maximum atomic E-state index is 13.1. The molecule has 25 heavy (non-hydrogen) atoms. The highest BCUT2D eigenvalue weighted by molar-refractivity contribution is 6.43. The zero-order valence-electron chi connectivity index (χ0n) is 13.6. The van der Waals surface area contributed by atoms with Gasteiger partial charge in [-0.3, -0.25) is 19.3 Å². The highest BCUT2D eigenvalue weighted by Crippen LogP contribution is 2.27. The lowest BCUT2D eigenvalue weighted by atomic mass is 10.1. The van der Waals surface area contributed by atoms with Crippen LogP contribution in [0.3, 0.4) is 0 Å². The van der Waals surface area contributed by atoms with Crippen molar-refractivity contribution in [2.24, 2.45) is 0 Å². The fourth-order valence-electron chi connectivity index (χ4n) is 2.89. The number of amides is 2. The van der Waals surface area contributed by atoms with E-state index in [4.69, 9.17) is 0 Å². The van der Waals surface area contributed by atoms with E-state index in [0.717, 1.165) is 25.2 Å². The molecule has 1 aliphatic heterocycles. The molecule has 3 rings (SSSR count). The Morgan fingerprint density at radius 2 is 1.72 bits per heavy atom. The van der Waals surface area contributed by atoms with Crippen LogP contribution in [0.5, 0.6) is 0 Å². The van der Waals surface area contributed by atoms with Crippen molar-refractivity contribution in [3.8, 4) is 0 Å². The number of carbonyl (C=O) groups is 3. The maximum absolute atomic E-state index is 13.1. The van der Waals surface area contributed by atoms with Crippen molar-refractivity contribution in [2.45, 2.75) is 18.9 Å². The number of hydrogen-bond donors (Lipinski definition) is 1. The Bertz CT molecular complexity index is 698. The largest absolute Gasteiger partial charge is 0.340 e. The molecule has 8 heteroatoms. The summed E-state index contributed by atoms with van der Waals surface area (Å²) < 4.78 is 26.0. The lowest BCUT2D eigenvalue weighted by Gasteiger charge is -2.34. The Labute approximate surface area is 143 Å². The van der Waals surface area contributed by atoms with Gasteiger partial charge in [0.1, 0.15) is 0 Å². The number of halogens is 2. The minimum absolute atomic E-state index is 0.262. The molecule has 1 saturated heterocycles. The van der Waals surface area contributed by atoms with Crippen LogP contribution in [0.15, 0.2) is 18.2 Å². The van der Waals surface area contributed by atoms with Gasteiger partial charge in [-0.15, -0.1) is 0 Å². The van der Waals surface area contributed by atoms with Gasteiger partial charge in [0.05, 0.1) is 6.54 Å². The lowest BCUT2D eigenvalue weighted by molar-refractivity contribution is -0.133. The molecule has 0 aromatic heterocycles. The molecule has 1 aromatic rings. The van der Waals surface area contributed by atoms with Gasteiger partial charge in [-0.1, -0.05) is 0 Å². The molecule has 6 nitrogen and oxygen atoms in total. The van der Waals surface area contributed by atoms with Crippen LogP contribution in [0, 0.1) is 11.6 Å². The Morgan fingerprint density at radius 1 is 1.04 bits per heavy atom. The van der Waals surface area contributed by atoms with Crippen LogP contribution < -0.4 is 5.32 Å². The maximum Gasteiger partial charge on any atom is 0.292 e. The summed E-state index contributed by atoms with van der Waals surface area (Å²) in [4.78, 5) is 39.8. The SMILES string of the molecule is O=C(NCC(=O)N1CCN(C2CC2)CC1)C(=O)c1ccc(F)c(F)c1. The van der Waals surface area contributed by atoms with E-state index in [1.54, 1.807) is 4.90 Å². The molecule has 1 aliphatic carbocycles. The second-order valence-electron chi connectivity index (χ2n) is 6.29. The molecule has 1 N–H and O–H groups in total. The molecular formula is C17H19F2N3O3. The van der Waals surface area contributed by atoms with Crippen molar-refractivity contribution in [3.63, 3.8) is 0 Å². The van der Waals surface area contributed by atoms with Crippen LogP contribution in [-0.4, -0.2) is 66.2 Å². The lowest BCUT2D eigenvalue weighted by Crippen LogP contribution is -2.52. The van der Waals surface area contributed by atoms with Gasteiger partial charge in [0.2, 0.25) is 11.7 Å². The Balaban J connectivity index is 1.47. The second kappa shape index (κ2) is 7.26. The highest BCUT2D eigenvalue weighted by Gasteiger charge is 2.32. The van der Waals surface area contributed by atoms with Crippen LogP contribution in [0.1, 0.15) is 23.2 Å². The summed E-state index contributed by atoms with van der Waals surface area (Å²) in [5, 5.41) is 2.25. The van der Waals surface area contributed by atoms with Crippen molar-refractivity contribution >= 4 is 17.6 Å². The van der Waals surface area contributed by atoms with Crippen LogP contribution >= 0.6 is 0 Å². The summed E-state index contributed by atoms with van der Waals surface area (Å²) in [6.07, 6.45) is 2.44. The smallest absolute Gasteiger partial charge is 0.292 e. The molecule has 0 unspecified atom stereocenters. The molecular weight excluding hydrogens is 332 g/mol. The molecule has 1 heterocycles. The van der Waals surface area contributed by atoms with E-state index in [2.05, 4.69) is 10.2 Å². The summed E-state index contributed by atoms with van der Waals surface area (Å²) in [6.45, 7) is 2.54. The van der Waals surface area contributed by atoms with Crippen molar-refractivity contribution in [3.05, 3.63) is 35.4 Å². The Morgan fingerprint density at radius 3 is 2.32 bits per heavy atom. The first-order valence-corrected chi connectivity index (χ1v) is 8.25. The zero-order chi connectivity index (χ0) is 18.0. The number of piperazine rings is 1. The molecule has 1 saturated carbocycles. The number of rotatable bonds is 5. The van der Waals surface area contributed by atoms with Crippen LogP contribution in [0.4, 0.5) is 8.78 Å². The molecule has 0 bridgehead atoms. The number of Topliss-reactive ketones (excluding diaryl/α,β-unsaturated/α-hetero) is 1. The van der Waals surface area contributed by atoms with E-state index < -0.39 is 23.3 Å². The number of benzene rings is 1. The van der Waals surface area contributed by atoms with Gasteiger partial charge in [0, 0.05) is 37.8 Å². The first-order valence-electron chi connectivity index (χ1n) is 8.25. The van der Waals surface area contributed by atoms with Crippen LogP contribution in [0.25, 0.3) is 0 Å². The van der Waals surface area contributed by atoms with E-state index in [1.807, 2.05) is 0 Å². The summed E-state index contributed by atoms with van der Waals surface area (Å²) >= 11 is 0. The molecule has 0 radical (unpaired) electrons. The van der Waals surface area contributed by atoms with Crippen LogP contribution in [-0.2, 0) is 9.59 Å². The average molecular weight is 351 g/mol. The monoisotopic (exact) mass is 351 g/mol. The second-order valence-corrected chi connectivity index (χ2v) is 6.29. The van der Waals surface area contributed by atoms with Gasteiger partial charge >= 0.3 is 0 Å². The van der Waals surface area contributed by atoms with Gasteiger partial charge in [0.15, 0.2) is 11.6 Å². The topological polar surface area (TPSA) is 69.7 Å². The third-order valence-electron chi connectivity index (χ3n) is 4.52. The molecule has 0 spiro atoms. The molecule has 134 valence electrons. The first kappa shape index (κ1) is 17.5. The number of nitrogens with one attached hydrogen (secondary N) is 1. The predicted molar refractivity (Wildman–Crippen MR) is 84.9 cm³/mol. The summed E-state index contributed by atoms with van der Waals surface area (Å²) in [7, 11) is 0.